The summed E-state index contributed by atoms with van der Waals surface area (Å²) in [6, 6.07) is 0. The minimum absolute atomic E-state index is 0.0301. The molecule has 0 radical (unpaired) electrons. The van der Waals surface area contributed by atoms with Gasteiger partial charge >= 0.3 is 0 Å². The van der Waals surface area contributed by atoms with Gasteiger partial charge < -0.3 is 4.74 Å². The molecule has 0 saturated heterocycles. The molecule has 60 valence electrons. The Hall–Kier alpha value is -0.530. The third kappa shape index (κ3) is 7.47. The fraction of sp³-hybridized carbons (Fsp3) is 0.875. The van der Waals surface area contributed by atoms with Gasteiger partial charge in [0.25, 0.3) is 6.47 Å². The van der Waals surface area contributed by atoms with Crippen LogP contribution in [0.15, 0.2) is 0 Å². The van der Waals surface area contributed by atoms with Crippen molar-refractivity contribution in [3.63, 3.8) is 0 Å². The fourth-order valence-electron chi connectivity index (χ4n) is 0.361. The summed E-state index contributed by atoms with van der Waals surface area (Å²) in [4.78, 5) is 9.39. The van der Waals surface area contributed by atoms with Gasteiger partial charge in [-0.05, 0) is 13.8 Å². The molecule has 1 aliphatic carbocycles. The van der Waals surface area contributed by atoms with Crippen LogP contribution in [0.2, 0.25) is 0 Å². The highest BCUT2D eigenvalue weighted by molar-refractivity contribution is 5.37. The van der Waals surface area contributed by atoms with E-state index in [2.05, 4.69) is 4.74 Å². The lowest BCUT2D eigenvalue weighted by Crippen LogP contribution is -1.98. The Labute approximate surface area is 62.6 Å². The predicted octanol–water partition coefficient (Wildman–Crippen LogP) is 2.13. The van der Waals surface area contributed by atoms with Crippen molar-refractivity contribution in [2.45, 2.75) is 45.6 Å². The van der Waals surface area contributed by atoms with Crippen molar-refractivity contribution in [2.24, 2.45) is 0 Å². The fourth-order valence-corrected chi connectivity index (χ4v) is 0.361. The van der Waals surface area contributed by atoms with Gasteiger partial charge in [-0.15, -0.1) is 0 Å². The van der Waals surface area contributed by atoms with Crippen molar-refractivity contribution in [1.82, 2.24) is 0 Å². The monoisotopic (exact) mass is 144 g/mol. The molecule has 0 heterocycles. The summed E-state index contributed by atoms with van der Waals surface area (Å²) >= 11 is 0. The van der Waals surface area contributed by atoms with Gasteiger partial charge in [-0.1, -0.05) is 25.7 Å². The van der Waals surface area contributed by atoms with Crippen LogP contribution in [0.3, 0.4) is 0 Å². The summed E-state index contributed by atoms with van der Waals surface area (Å²) in [6.45, 7) is 4.05. The van der Waals surface area contributed by atoms with E-state index in [-0.39, 0.29) is 6.10 Å². The molecule has 0 amide bonds. The molecule has 1 aliphatic rings. The molecule has 0 aromatic heterocycles. The second kappa shape index (κ2) is 6.59. The van der Waals surface area contributed by atoms with Crippen LogP contribution in [0.5, 0.6) is 0 Å². The van der Waals surface area contributed by atoms with Crippen LogP contribution in [0.25, 0.3) is 0 Å². The van der Waals surface area contributed by atoms with Crippen LogP contribution < -0.4 is 0 Å². The van der Waals surface area contributed by atoms with E-state index in [9.17, 15) is 4.79 Å². The molecule has 0 aliphatic heterocycles. The van der Waals surface area contributed by atoms with Gasteiger partial charge in [-0.25, -0.2) is 0 Å². The maximum Gasteiger partial charge on any atom is 0.293 e. The van der Waals surface area contributed by atoms with E-state index >= 15 is 0 Å². The Morgan fingerprint density at radius 1 is 1.20 bits per heavy atom. The molecule has 1 rings (SSSR count). The van der Waals surface area contributed by atoms with Crippen LogP contribution in [-0.4, -0.2) is 12.6 Å². The van der Waals surface area contributed by atoms with Crippen LogP contribution in [0, 0.1) is 0 Å². The van der Waals surface area contributed by atoms with Gasteiger partial charge in [-0.2, -0.15) is 0 Å². The molecular formula is C8H16O2. The van der Waals surface area contributed by atoms with E-state index < -0.39 is 0 Å². The maximum atomic E-state index is 9.39. The number of ether oxygens (including phenoxy) is 1. The second-order valence-corrected chi connectivity index (χ2v) is 2.70. The van der Waals surface area contributed by atoms with Crippen molar-refractivity contribution in [3.05, 3.63) is 0 Å². The molecule has 0 aromatic rings. The van der Waals surface area contributed by atoms with Gasteiger partial charge in [-0.3, -0.25) is 4.79 Å². The van der Waals surface area contributed by atoms with E-state index in [0.717, 1.165) is 0 Å². The first-order chi connectivity index (χ1) is 4.77. The standard InChI is InChI=1S/C4H8O2.C4H8/c1-4(2)6-3-5;1-2-4-3-1/h3-4H,1-2H3;1-4H2. The summed E-state index contributed by atoms with van der Waals surface area (Å²) in [5.74, 6) is 0. The van der Waals surface area contributed by atoms with Crippen LogP contribution >= 0.6 is 0 Å². The average molecular weight is 144 g/mol. The summed E-state index contributed by atoms with van der Waals surface area (Å²) in [5.41, 5.74) is 0. The number of carbonyl (C=O) groups is 1. The van der Waals surface area contributed by atoms with E-state index in [1.165, 1.54) is 25.7 Å². The predicted molar refractivity (Wildman–Crippen MR) is 40.8 cm³/mol. The Morgan fingerprint density at radius 3 is 1.60 bits per heavy atom. The third-order valence-corrected chi connectivity index (χ3v) is 1.33. The van der Waals surface area contributed by atoms with Gasteiger partial charge in [0.2, 0.25) is 0 Å². The van der Waals surface area contributed by atoms with Gasteiger partial charge in [0, 0.05) is 0 Å². The summed E-state index contributed by atoms with van der Waals surface area (Å²) < 4.78 is 4.36. The largest absolute Gasteiger partial charge is 0.465 e. The summed E-state index contributed by atoms with van der Waals surface area (Å²) in [7, 11) is 0. The molecule has 1 saturated carbocycles. The molecule has 2 heteroatoms. The highest BCUT2D eigenvalue weighted by Crippen LogP contribution is 2.15. The van der Waals surface area contributed by atoms with E-state index in [0.29, 0.717) is 6.47 Å². The van der Waals surface area contributed by atoms with Gasteiger partial charge in [0.1, 0.15) is 0 Å². The quantitative estimate of drug-likeness (QED) is 0.555. The topological polar surface area (TPSA) is 26.3 Å². The van der Waals surface area contributed by atoms with Crippen molar-refractivity contribution in [1.29, 1.82) is 0 Å². The molecule has 0 N–H and O–H groups in total. The van der Waals surface area contributed by atoms with E-state index in [1.54, 1.807) is 13.8 Å². The lowest BCUT2D eigenvalue weighted by Gasteiger charge is -2.05. The van der Waals surface area contributed by atoms with Crippen LogP contribution in [0.1, 0.15) is 39.5 Å². The first-order valence-electron chi connectivity index (χ1n) is 3.86. The smallest absolute Gasteiger partial charge is 0.293 e. The van der Waals surface area contributed by atoms with Crippen molar-refractivity contribution in [3.8, 4) is 0 Å². The maximum absolute atomic E-state index is 9.39. The molecule has 0 bridgehead atoms. The lowest BCUT2D eigenvalue weighted by atomic mass is 10.0. The van der Waals surface area contributed by atoms with Crippen molar-refractivity contribution in [2.75, 3.05) is 0 Å². The Bertz CT molecular complexity index is 71.3. The van der Waals surface area contributed by atoms with Crippen LogP contribution in [0.4, 0.5) is 0 Å². The molecule has 0 aromatic carbocycles. The molecule has 1 fully saturated rings. The molecular weight excluding hydrogens is 128 g/mol. The minimum Gasteiger partial charge on any atom is -0.465 e. The molecule has 2 nitrogen and oxygen atoms in total. The zero-order valence-electron chi connectivity index (χ0n) is 6.80. The third-order valence-electron chi connectivity index (χ3n) is 1.33. The lowest BCUT2D eigenvalue weighted by molar-refractivity contribution is -0.131. The Balaban J connectivity index is 0.000000172. The highest BCUT2D eigenvalue weighted by Gasteiger charge is 1.95. The van der Waals surface area contributed by atoms with Crippen molar-refractivity contribution >= 4 is 6.47 Å². The minimum atomic E-state index is 0.0301. The van der Waals surface area contributed by atoms with E-state index in [4.69, 9.17) is 0 Å². The number of hydrogen-bond donors (Lipinski definition) is 0. The first-order valence-corrected chi connectivity index (χ1v) is 3.86. The van der Waals surface area contributed by atoms with Crippen molar-refractivity contribution < 1.29 is 9.53 Å². The highest BCUT2D eigenvalue weighted by atomic mass is 16.5. The number of carbonyl (C=O) groups excluding carboxylic acids is 1. The second-order valence-electron chi connectivity index (χ2n) is 2.70. The SMILES string of the molecule is C1CCC1.CC(C)OC=O. The van der Waals surface area contributed by atoms with Gasteiger partial charge in [0.05, 0.1) is 6.10 Å². The normalized spacial score (nSPS) is 14.7. The summed E-state index contributed by atoms with van der Waals surface area (Å²) in [6.07, 6.45) is 6.03. The molecule has 0 atom stereocenters. The first kappa shape index (κ1) is 9.47. The number of hydrogen-bond acceptors (Lipinski definition) is 2. The molecule has 0 unspecified atom stereocenters. The Morgan fingerprint density at radius 2 is 1.60 bits per heavy atom. The van der Waals surface area contributed by atoms with Gasteiger partial charge in [0.15, 0.2) is 0 Å². The zero-order valence-corrected chi connectivity index (χ0v) is 6.80. The van der Waals surface area contributed by atoms with Crippen LogP contribution in [-0.2, 0) is 9.53 Å². The molecule has 0 spiro atoms. The summed E-state index contributed by atoms with van der Waals surface area (Å²) in [5, 5.41) is 0. The zero-order chi connectivity index (χ0) is 7.82. The molecule has 10 heavy (non-hydrogen) atoms. The Kier molecular flexibility index (Phi) is 6.24. The average Bonchev–Trinajstić information content (AvgIpc) is 1.58. The number of rotatable bonds is 2. The van der Waals surface area contributed by atoms with E-state index in [1.807, 2.05) is 0 Å².